The Bertz CT molecular complexity index is 602. The van der Waals surface area contributed by atoms with E-state index in [1.807, 2.05) is 12.1 Å². The number of hydrogen-bond acceptors (Lipinski definition) is 3. The maximum Gasteiger partial charge on any atom is 0.130 e. The van der Waals surface area contributed by atoms with Crippen LogP contribution in [0.15, 0.2) is 48.5 Å². The van der Waals surface area contributed by atoms with Crippen molar-refractivity contribution in [2.75, 3.05) is 13.2 Å². The van der Waals surface area contributed by atoms with Crippen LogP contribution in [0.5, 0.6) is 11.5 Å². The highest BCUT2D eigenvalue weighted by atomic mass is 16.6. The molecule has 4 rings (SSSR count). The summed E-state index contributed by atoms with van der Waals surface area (Å²) in [5.41, 5.74) is 2.51. The van der Waals surface area contributed by atoms with E-state index >= 15 is 0 Å². The molecule has 0 bridgehead atoms. The van der Waals surface area contributed by atoms with Gasteiger partial charge in [0.1, 0.15) is 11.5 Å². The van der Waals surface area contributed by atoms with Gasteiger partial charge in [0.15, 0.2) is 0 Å². The third-order valence-electron chi connectivity index (χ3n) is 4.44. The molecule has 2 saturated heterocycles. The van der Waals surface area contributed by atoms with Crippen LogP contribution in [0.1, 0.15) is 24.0 Å². The molecule has 0 aliphatic carbocycles. The standard InChI is InChI=1S/C20H22O3/c1-3-7-19(15(5-1)9-11-17-13-21-17)23-20-8-4-2-6-16(20)10-12-18-14-22-18/h1-8,17-18H,9-14H2. The van der Waals surface area contributed by atoms with Crippen LogP contribution in [-0.4, -0.2) is 25.4 Å². The summed E-state index contributed by atoms with van der Waals surface area (Å²) < 4.78 is 16.9. The topological polar surface area (TPSA) is 34.3 Å². The summed E-state index contributed by atoms with van der Waals surface area (Å²) in [5.74, 6) is 1.92. The van der Waals surface area contributed by atoms with Crippen LogP contribution < -0.4 is 4.74 Å². The lowest BCUT2D eigenvalue weighted by molar-refractivity contribution is 0.393. The fraction of sp³-hybridized carbons (Fsp3) is 0.400. The molecule has 0 amide bonds. The van der Waals surface area contributed by atoms with E-state index < -0.39 is 0 Å². The maximum atomic E-state index is 6.26. The molecule has 2 atom stereocenters. The van der Waals surface area contributed by atoms with Gasteiger partial charge in [-0.25, -0.2) is 0 Å². The predicted octanol–water partition coefficient (Wildman–Crippen LogP) is 4.14. The Morgan fingerprint density at radius 1 is 0.739 bits per heavy atom. The first-order chi connectivity index (χ1) is 11.4. The molecule has 0 aromatic heterocycles. The van der Waals surface area contributed by atoms with Crippen molar-refractivity contribution in [2.45, 2.75) is 37.9 Å². The Hall–Kier alpha value is -1.84. The largest absolute Gasteiger partial charge is 0.457 e. The van der Waals surface area contributed by atoms with E-state index in [4.69, 9.17) is 14.2 Å². The Morgan fingerprint density at radius 3 is 1.61 bits per heavy atom. The molecule has 0 radical (unpaired) electrons. The van der Waals surface area contributed by atoms with Crippen LogP contribution in [0.3, 0.4) is 0 Å². The first kappa shape index (κ1) is 14.7. The number of para-hydroxylation sites is 2. The summed E-state index contributed by atoms with van der Waals surface area (Å²) in [6.45, 7) is 1.82. The first-order valence-corrected chi connectivity index (χ1v) is 8.45. The van der Waals surface area contributed by atoms with E-state index in [0.29, 0.717) is 12.2 Å². The molecule has 0 saturated carbocycles. The number of epoxide rings is 2. The van der Waals surface area contributed by atoms with Crippen LogP contribution in [0.2, 0.25) is 0 Å². The highest BCUT2D eigenvalue weighted by Crippen LogP contribution is 2.31. The van der Waals surface area contributed by atoms with E-state index in [9.17, 15) is 0 Å². The fourth-order valence-corrected chi connectivity index (χ4v) is 2.84. The Labute approximate surface area is 137 Å². The van der Waals surface area contributed by atoms with Crippen molar-refractivity contribution in [3.63, 3.8) is 0 Å². The van der Waals surface area contributed by atoms with E-state index in [1.165, 1.54) is 11.1 Å². The van der Waals surface area contributed by atoms with E-state index in [-0.39, 0.29) is 0 Å². The summed E-state index contributed by atoms with van der Waals surface area (Å²) >= 11 is 0. The molecule has 23 heavy (non-hydrogen) atoms. The highest BCUT2D eigenvalue weighted by Gasteiger charge is 2.23. The van der Waals surface area contributed by atoms with Crippen molar-refractivity contribution in [2.24, 2.45) is 0 Å². The summed E-state index contributed by atoms with van der Waals surface area (Å²) in [6, 6.07) is 16.6. The van der Waals surface area contributed by atoms with Crippen molar-refractivity contribution >= 4 is 0 Å². The Balaban J connectivity index is 1.48. The lowest BCUT2D eigenvalue weighted by Crippen LogP contribution is -1.98. The zero-order valence-electron chi connectivity index (χ0n) is 13.2. The third-order valence-corrected chi connectivity index (χ3v) is 4.44. The normalized spacial score (nSPS) is 21.9. The summed E-state index contributed by atoms with van der Waals surface area (Å²) in [4.78, 5) is 0. The molecule has 3 heteroatoms. The molecule has 120 valence electrons. The fourth-order valence-electron chi connectivity index (χ4n) is 2.84. The molecule has 2 fully saturated rings. The summed E-state index contributed by atoms with van der Waals surface area (Å²) in [5, 5.41) is 0. The number of hydrogen-bond donors (Lipinski definition) is 0. The molecule has 2 aliphatic rings. The van der Waals surface area contributed by atoms with Crippen LogP contribution >= 0.6 is 0 Å². The quantitative estimate of drug-likeness (QED) is 0.687. The minimum Gasteiger partial charge on any atom is -0.457 e. The number of benzene rings is 2. The minimum atomic E-state index is 0.453. The summed E-state index contributed by atoms with van der Waals surface area (Å²) in [7, 11) is 0. The molecular formula is C20H22O3. The van der Waals surface area contributed by atoms with Crippen molar-refractivity contribution in [3.8, 4) is 11.5 Å². The molecule has 2 aromatic rings. The smallest absolute Gasteiger partial charge is 0.130 e. The second-order valence-corrected chi connectivity index (χ2v) is 6.31. The predicted molar refractivity (Wildman–Crippen MR) is 89.1 cm³/mol. The van der Waals surface area contributed by atoms with Crippen LogP contribution in [0, 0.1) is 0 Å². The lowest BCUT2D eigenvalue weighted by Gasteiger charge is -2.14. The van der Waals surface area contributed by atoms with Gasteiger partial charge in [-0.2, -0.15) is 0 Å². The van der Waals surface area contributed by atoms with Gasteiger partial charge in [-0.05, 0) is 48.9 Å². The van der Waals surface area contributed by atoms with Gasteiger partial charge >= 0.3 is 0 Å². The van der Waals surface area contributed by atoms with Gasteiger partial charge in [0, 0.05) is 0 Å². The average molecular weight is 310 g/mol. The van der Waals surface area contributed by atoms with Crippen LogP contribution in [-0.2, 0) is 22.3 Å². The van der Waals surface area contributed by atoms with Crippen molar-refractivity contribution in [1.82, 2.24) is 0 Å². The van der Waals surface area contributed by atoms with E-state index in [0.717, 1.165) is 50.4 Å². The zero-order chi connectivity index (χ0) is 15.5. The van der Waals surface area contributed by atoms with Crippen molar-refractivity contribution in [1.29, 1.82) is 0 Å². The van der Waals surface area contributed by atoms with Gasteiger partial charge in [0.05, 0.1) is 25.4 Å². The van der Waals surface area contributed by atoms with Crippen molar-refractivity contribution < 1.29 is 14.2 Å². The number of aryl methyl sites for hydroxylation is 2. The Kier molecular flexibility index (Phi) is 4.31. The molecule has 2 aromatic carbocycles. The highest BCUT2D eigenvalue weighted by molar-refractivity contribution is 5.41. The summed E-state index contributed by atoms with van der Waals surface area (Å²) in [6.07, 6.45) is 5.04. The monoisotopic (exact) mass is 310 g/mol. The average Bonchev–Trinajstić information content (AvgIpc) is 3.48. The van der Waals surface area contributed by atoms with Gasteiger partial charge in [0.25, 0.3) is 0 Å². The maximum absolute atomic E-state index is 6.26. The van der Waals surface area contributed by atoms with Gasteiger partial charge in [-0.3, -0.25) is 0 Å². The van der Waals surface area contributed by atoms with Gasteiger partial charge in [-0.1, -0.05) is 36.4 Å². The van der Waals surface area contributed by atoms with E-state index in [1.54, 1.807) is 0 Å². The van der Waals surface area contributed by atoms with Gasteiger partial charge < -0.3 is 14.2 Å². The molecule has 3 nitrogen and oxygen atoms in total. The van der Waals surface area contributed by atoms with E-state index in [2.05, 4.69) is 36.4 Å². The van der Waals surface area contributed by atoms with Crippen LogP contribution in [0.4, 0.5) is 0 Å². The molecular weight excluding hydrogens is 288 g/mol. The van der Waals surface area contributed by atoms with Gasteiger partial charge in [0.2, 0.25) is 0 Å². The second-order valence-electron chi connectivity index (χ2n) is 6.31. The van der Waals surface area contributed by atoms with Crippen LogP contribution in [0.25, 0.3) is 0 Å². The third kappa shape index (κ3) is 4.12. The lowest BCUT2D eigenvalue weighted by atomic mass is 10.1. The molecule has 2 heterocycles. The molecule has 0 spiro atoms. The molecule has 2 unspecified atom stereocenters. The first-order valence-electron chi connectivity index (χ1n) is 8.45. The molecule has 0 N–H and O–H groups in total. The number of ether oxygens (including phenoxy) is 3. The number of rotatable bonds is 8. The second kappa shape index (κ2) is 6.73. The van der Waals surface area contributed by atoms with Crippen molar-refractivity contribution in [3.05, 3.63) is 59.7 Å². The molecule has 2 aliphatic heterocycles. The Morgan fingerprint density at radius 2 is 1.17 bits per heavy atom. The SMILES string of the molecule is c1ccc(Oc2ccccc2CCC2CO2)c(CCC2CO2)c1. The van der Waals surface area contributed by atoms with Gasteiger partial charge in [-0.15, -0.1) is 0 Å². The minimum absolute atomic E-state index is 0.453. The zero-order valence-corrected chi connectivity index (χ0v) is 13.2.